The van der Waals surface area contributed by atoms with E-state index < -0.39 is 0 Å². The first-order valence-electron chi connectivity index (χ1n) is 6.89. The molecule has 2 N–H and O–H groups in total. The van der Waals surface area contributed by atoms with Gasteiger partial charge in [0.2, 0.25) is 5.95 Å². The molecule has 4 nitrogen and oxygen atoms in total. The molecule has 0 fully saturated rings. The normalized spacial score (nSPS) is 10.2. The van der Waals surface area contributed by atoms with E-state index in [0.717, 1.165) is 16.7 Å². The van der Waals surface area contributed by atoms with Crippen LogP contribution in [0.5, 0.6) is 0 Å². The average molecular weight is 286 g/mol. The maximum Gasteiger partial charge on any atom is 0.221 e. The lowest BCUT2D eigenvalue weighted by Gasteiger charge is -2.10. The van der Waals surface area contributed by atoms with Crippen molar-refractivity contribution >= 4 is 5.95 Å². The summed E-state index contributed by atoms with van der Waals surface area (Å²) in [6.45, 7) is 2.01. The number of aromatic nitrogens is 2. The average Bonchev–Trinajstić information content (AvgIpc) is 2.55. The molecule has 0 aliphatic carbocycles. The van der Waals surface area contributed by atoms with Gasteiger partial charge in [-0.2, -0.15) is 5.26 Å². The predicted octanol–water partition coefficient (Wildman–Crippen LogP) is 3.57. The highest BCUT2D eigenvalue weighted by molar-refractivity contribution is 5.78. The Bertz CT molecular complexity index is 847. The van der Waals surface area contributed by atoms with E-state index in [9.17, 15) is 5.26 Å². The third kappa shape index (κ3) is 2.52. The second kappa shape index (κ2) is 5.66. The number of hydrogen-bond acceptors (Lipinski definition) is 4. The third-order valence-electron chi connectivity index (χ3n) is 3.41. The van der Waals surface area contributed by atoms with Gasteiger partial charge in [0.15, 0.2) is 0 Å². The molecule has 0 aliphatic rings. The fourth-order valence-corrected chi connectivity index (χ4v) is 2.31. The van der Waals surface area contributed by atoms with Crippen LogP contribution < -0.4 is 5.73 Å². The van der Waals surface area contributed by atoms with Gasteiger partial charge in [0.1, 0.15) is 11.6 Å². The predicted molar refractivity (Wildman–Crippen MR) is 86.8 cm³/mol. The molecule has 0 unspecified atom stereocenters. The quantitative estimate of drug-likeness (QED) is 0.781. The van der Waals surface area contributed by atoms with Crippen LogP contribution in [0.15, 0.2) is 54.6 Å². The first kappa shape index (κ1) is 13.8. The van der Waals surface area contributed by atoms with E-state index in [1.165, 1.54) is 0 Å². The zero-order valence-electron chi connectivity index (χ0n) is 12.1. The molecule has 0 amide bonds. The fourth-order valence-electron chi connectivity index (χ4n) is 2.31. The SMILES string of the molecule is Cc1ccc(-c2nc(N)nc(-c3ccccc3)c2C#N)cc1. The van der Waals surface area contributed by atoms with Crippen molar-refractivity contribution in [1.82, 2.24) is 9.97 Å². The minimum atomic E-state index is 0.161. The zero-order valence-corrected chi connectivity index (χ0v) is 12.1. The summed E-state index contributed by atoms with van der Waals surface area (Å²) >= 11 is 0. The second-order valence-corrected chi connectivity index (χ2v) is 5.00. The van der Waals surface area contributed by atoms with Gasteiger partial charge < -0.3 is 5.73 Å². The van der Waals surface area contributed by atoms with Crippen molar-refractivity contribution in [3.63, 3.8) is 0 Å². The molecule has 0 saturated heterocycles. The van der Waals surface area contributed by atoms with E-state index in [1.54, 1.807) is 0 Å². The van der Waals surface area contributed by atoms with Gasteiger partial charge in [-0.3, -0.25) is 0 Å². The number of hydrogen-bond donors (Lipinski definition) is 1. The van der Waals surface area contributed by atoms with Crippen molar-refractivity contribution in [2.45, 2.75) is 6.92 Å². The highest BCUT2D eigenvalue weighted by atomic mass is 15.0. The standard InChI is InChI=1S/C18H14N4/c1-12-7-9-14(10-8-12)17-15(11-19)16(21-18(20)22-17)13-5-3-2-4-6-13/h2-10H,1H3,(H2,20,21,22). The van der Waals surface area contributed by atoms with Crippen molar-refractivity contribution in [3.05, 3.63) is 65.7 Å². The van der Waals surface area contributed by atoms with Crippen LogP contribution in [0, 0.1) is 18.3 Å². The Morgan fingerprint density at radius 2 is 1.41 bits per heavy atom. The molecule has 4 heteroatoms. The Morgan fingerprint density at radius 3 is 1.95 bits per heavy atom. The highest BCUT2D eigenvalue weighted by Gasteiger charge is 2.16. The van der Waals surface area contributed by atoms with E-state index in [0.29, 0.717) is 17.0 Å². The summed E-state index contributed by atoms with van der Waals surface area (Å²) in [7, 11) is 0. The zero-order chi connectivity index (χ0) is 15.5. The van der Waals surface area contributed by atoms with Crippen molar-refractivity contribution in [3.8, 4) is 28.6 Å². The molecule has 1 heterocycles. The molecular weight excluding hydrogens is 272 g/mol. The first-order valence-corrected chi connectivity index (χ1v) is 6.89. The van der Waals surface area contributed by atoms with Gasteiger partial charge >= 0.3 is 0 Å². The fraction of sp³-hybridized carbons (Fsp3) is 0.0556. The Labute approximate surface area is 128 Å². The molecule has 0 radical (unpaired) electrons. The number of nitrogen functional groups attached to an aromatic ring is 1. The van der Waals surface area contributed by atoms with Gasteiger partial charge in [-0.05, 0) is 6.92 Å². The molecule has 2 aromatic carbocycles. The van der Waals surface area contributed by atoms with Crippen LogP contribution >= 0.6 is 0 Å². The summed E-state index contributed by atoms with van der Waals surface area (Å²) in [5, 5.41) is 9.60. The van der Waals surface area contributed by atoms with Crippen LogP contribution in [0.4, 0.5) is 5.95 Å². The molecular formula is C18H14N4. The smallest absolute Gasteiger partial charge is 0.221 e. The summed E-state index contributed by atoms with van der Waals surface area (Å²) < 4.78 is 0. The summed E-state index contributed by atoms with van der Waals surface area (Å²) in [6.07, 6.45) is 0. The van der Waals surface area contributed by atoms with Gasteiger partial charge in [-0.1, -0.05) is 60.2 Å². The van der Waals surface area contributed by atoms with Gasteiger partial charge in [0.05, 0.1) is 11.4 Å². The molecule has 0 atom stereocenters. The summed E-state index contributed by atoms with van der Waals surface area (Å²) in [5.41, 5.74) is 10.3. The number of nitriles is 1. The van der Waals surface area contributed by atoms with Crippen LogP contribution in [0.25, 0.3) is 22.5 Å². The van der Waals surface area contributed by atoms with E-state index >= 15 is 0 Å². The maximum absolute atomic E-state index is 9.60. The second-order valence-electron chi connectivity index (χ2n) is 5.00. The highest BCUT2D eigenvalue weighted by Crippen LogP contribution is 2.29. The van der Waals surface area contributed by atoms with E-state index in [2.05, 4.69) is 16.0 Å². The Morgan fingerprint density at radius 1 is 0.864 bits per heavy atom. The number of nitrogens with zero attached hydrogens (tertiary/aromatic N) is 3. The van der Waals surface area contributed by atoms with Gasteiger partial charge in [0, 0.05) is 11.1 Å². The van der Waals surface area contributed by atoms with Crippen LogP contribution in [0.1, 0.15) is 11.1 Å². The Hall–Kier alpha value is -3.19. The minimum absolute atomic E-state index is 0.161. The molecule has 0 aliphatic heterocycles. The van der Waals surface area contributed by atoms with Gasteiger partial charge in [-0.15, -0.1) is 0 Å². The van der Waals surface area contributed by atoms with Gasteiger partial charge in [-0.25, -0.2) is 9.97 Å². The monoisotopic (exact) mass is 286 g/mol. The topological polar surface area (TPSA) is 75.6 Å². The van der Waals surface area contributed by atoms with Crippen LogP contribution in [0.2, 0.25) is 0 Å². The molecule has 22 heavy (non-hydrogen) atoms. The van der Waals surface area contributed by atoms with Crippen molar-refractivity contribution in [2.75, 3.05) is 5.73 Å². The summed E-state index contributed by atoms with van der Waals surface area (Å²) in [6, 6.07) is 19.6. The van der Waals surface area contributed by atoms with Crippen molar-refractivity contribution in [1.29, 1.82) is 5.26 Å². The molecule has 0 saturated carbocycles. The summed E-state index contributed by atoms with van der Waals surface area (Å²) in [4.78, 5) is 8.54. The molecule has 0 spiro atoms. The number of nitrogens with two attached hydrogens (primary N) is 1. The van der Waals surface area contributed by atoms with Crippen LogP contribution in [0.3, 0.4) is 0 Å². The summed E-state index contributed by atoms with van der Waals surface area (Å²) in [5.74, 6) is 0.161. The maximum atomic E-state index is 9.60. The lowest BCUT2D eigenvalue weighted by atomic mass is 10.0. The molecule has 3 rings (SSSR count). The van der Waals surface area contributed by atoms with E-state index in [-0.39, 0.29) is 5.95 Å². The first-order chi connectivity index (χ1) is 10.7. The van der Waals surface area contributed by atoms with Crippen LogP contribution in [-0.4, -0.2) is 9.97 Å². The van der Waals surface area contributed by atoms with E-state index in [4.69, 9.17) is 5.73 Å². The minimum Gasteiger partial charge on any atom is -0.368 e. The number of rotatable bonds is 2. The molecule has 1 aromatic heterocycles. The largest absolute Gasteiger partial charge is 0.368 e. The van der Waals surface area contributed by atoms with E-state index in [1.807, 2.05) is 61.5 Å². The lowest BCUT2D eigenvalue weighted by molar-refractivity contribution is 1.18. The molecule has 3 aromatic rings. The number of benzene rings is 2. The Balaban J connectivity index is 2.26. The number of anilines is 1. The number of aryl methyl sites for hydroxylation is 1. The Kier molecular flexibility index (Phi) is 3.55. The van der Waals surface area contributed by atoms with Gasteiger partial charge in [0.25, 0.3) is 0 Å². The third-order valence-corrected chi connectivity index (χ3v) is 3.41. The van der Waals surface area contributed by atoms with Crippen LogP contribution in [-0.2, 0) is 0 Å². The lowest BCUT2D eigenvalue weighted by Crippen LogP contribution is -2.03. The van der Waals surface area contributed by atoms with Crippen molar-refractivity contribution in [2.24, 2.45) is 0 Å². The molecule has 0 bridgehead atoms. The van der Waals surface area contributed by atoms with Crippen molar-refractivity contribution < 1.29 is 0 Å². The molecule has 106 valence electrons.